The van der Waals surface area contributed by atoms with E-state index in [1.807, 2.05) is 43.5 Å². The van der Waals surface area contributed by atoms with Crippen LogP contribution in [0.2, 0.25) is 0 Å². The Kier molecular flexibility index (Phi) is 5.93. The van der Waals surface area contributed by atoms with Gasteiger partial charge in [-0.05, 0) is 49.1 Å². The van der Waals surface area contributed by atoms with Gasteiger partial charge in [0.2, 0.25) is 0 Å². The molecule has 0 radical (unpaired) electrons. The van der Waals surface area contributed by atoms with Crippen LogP contribution in [0, 0.1) is 13.8 Å². The lowest BCUT2D eigenvalue weighted by Crippen LogP contribution is -2.12. The number of nitrogens with one attached hydrogen (secondary N) is 1. The highest BCUT2D eigenvalue weighted by Crippen LogP contribution is 2.29. The van der Waals surface area contributed by atoms with Crippen LogP contribution in [-0.4, -0.2) is 19.0 Å². The molecule has 3 rings (SSSR count). The molecule has 0 saturated heterocycles. The third-order valence-electron chi connectivity index (χ3n) is 3.76. The van der Waals surface area contributed by atoms with Gasteiger partial charge < -0.3 is 14.8 Å². The summed E-state index contributed by atoms with van der Waals surface area (Å²) in [6.45, 7) is 4.27. The molecular formula is C20H19NO4S2. The quantitative estimate of drug-likeness (QED) is 0.588. The van der Waals surface area contributed by atoms with Crippen molar-refractivity contribution in [2.75, 3.05) is 12.4 Å². The van der Waals surface area contributed by atoms with Crippen LogP contribution in [0.1, 0.15) is 36.0 Å². The lowest BCUT2D eigenvalue weighted by Gasteiger charge is -2.05. The minimum atomic E-state index is -0.465. The number of aryl methyl sites for hydroxylation is 2. The van der Waals surface area contributed by atoms with Gasteiger partial charge in [0.1, 0.15) is 17.4 Å². The van der Waals surface area contributed by atoms with Crippen molar-refractivity contribution in [1.29, 1.82) is 0 Å². The first-order chi connectivity index (χ1) is 13.0. The Labute approximate surface area is 165 Å². The number of carbonyl (C=O) groups is 2. The Morgan fingerprint density at radius 1 is 1.15 bits per heavy atom. The number of anilines is 1. The summed E-state index contributed by atoms with van der Waals surface area (Å²) in [6, 6.07) is 11.3. The van der Waals surface area contributed by atoms with Crippen molar-refractivity contribution in [2.24, 2.45) is 0 Å². The topological polar surface area (TPSA) is 64.6 Å². The van der Waals surface area contributed by atoms with E-state index in [0.29, 0.717) is 22.0 Å². The summed E-state index contributed by atoms with van der Waals surface area (Å²) in [6.07, 6.45) is 0. The molecule has 0 saturated carbocycles. The Morgan fingerprint density at radius 3 is 2.70 bits per heavy atom. The van der Waals surface area contributed by atoms with Gasteiger partial charge in [0, 0.05) is 10.4 Å². The zero-order chi connectivity index (χ0) is 19.4. The fourth-order valence-corrected chi connectivity index (χ4v) is 4.16. The Morgan fingerprint density at radius 2 is 1.96 bits per heavy atom. The average Bonchev–Trinajstić information content (AvgIpc) is 3.26. The number of ether oxygens (including phenoxy) is 2. The predicted octanol–water partition coefficient (Wildman–Crippen LogP) is 5.04. The van der Waals surface area contributed by atoms with Crippen molar-refractivity contribution >= 4 is 39.6 Å². The standard InChI is InChI=1S/C20H19NO4S2/c1-12-5-4-6-15(7-12)25-10-14-9-17(26-11-14)18(22)21-19-16(20(23)24-3)8-13(2)27-19/h4-9,11H,10H2,1-3H3,(H,21,22). The number of rotatable bonds is 6. The molecule has 3 aromatic rings. The largest absolute Gasteiger partial charge is 0.489 e. The number of hydrogen-bond donors (Lipinski definition) is 1. The zero-order valence-electron chi connectivity index (χ0n) is 15.2. The summed E-state index contributed by atoms with van der Waals surface area (Å²) in [5.74, 6) is 0.0749. The maximum Gasteiger partial charge on any atom is 0.340 e. The van der Waals surface area contributed by atoms with Crippen LogP contribution in [0.15, 0.2) is 41.8 Å². The summed E-state index contributed by atoms with van der Waals surface area (Å²) in [5, 5.41) is 5.20. The van der Waals surface area contributed by atoms with Crippen LogP contribution < -0.4 is 10.1 Å². The number of hydrogen-bond acceptors (Lipinski definition) is 6. The van der Waals surface area contributed by atoms with Gasteiger partial charge in [0.15, 0.2) is 0 Å². The van der Waals surface area contributed by atoms with E-state index in [9.17, 15) is 9.59 Å². The van der Waals surface area contributed by atoms with Crippen LogP contribution in [0.4, 0.5) is 5.00 Å². The van der Waals surface area contributed by atoms with Gasteiger partial charge in [-0.3, -0.25) is 4.79 Å². The van der Waals surface area contributed by atoms with Crippen molar-refractivity contribution in [3.05, 3.63) is 68.2 Å². The molecule has 0 aliphatic carbocycles. The molecule has 7 heteroatoms. The maximum absolute atomic E-state index is 12.5. The average molecular weight is 402 g/mol. The van der Waals surface area contributed by atoms with E-state index in [-0.39, 0.29) is 5.91 Å². The summed E-state index contributed by atoms with van der Waals surface area (Å²) < 4.78 is 10.5. The Balaban J connectivity index is 1.66. The SMILES string of the molecule is COC(=O)c1cc(C)sc1NC(=O)c1cc(COc2cccc(C)c2)cs1. The van der Waals surface area contributed by atoms with Crippen molar-refractivity contribution in [3.8, 4) is 5.75 Å². The predicted molar refractivity (Wildman–Crippen MR) is 108 cm³/mol. The molecule has 1 aromatic carbocycles. The molecule has 5 nitrogen and oxygen atoms in total. The van der Waals surface area contributed by atoms with Gasteiger partial charge in [-0.25, -0.2) is 4.79 Å². The zero-order valence-corrected chi connectivity index (χ0v) is 16.8. The molecule has 2 heterocycles. The lowest BCUT2D eigenvalue weighted by atomic mass is 10.2. The van der Waals surface area contributed by atoms with Gasteiger partial charge in [-0.2, -0.15) is 0 Å². The van der Waals surface area contributed by atoms with E-state index < -0.39 is 5.97 Å². The number of thiophene rings is 2. The molecule has 0 bridgehead atoms. The molecule has 0 fully saturated rings. The second kappa shape index (κ2) is 8.37. The Bertz CT molecular complexity index is 974. The van der Waals surface area contributed by atoms with Crippen molar-refractivity contribution < 1.29 is 19.1 Å². The summed E-state index contributed by atoms with van der Waals surface area (Å²) in [4.78, 5) is 25.8. The number of carbonyl (C=O) groups excluding carboxylic acids is 2. The number of esters is 1. The van der Waals surface area contributed by atoms with E-state index in [0.717, 1.165) is 21.8 Å². The van der Waals surface area contributed by atoms with E-state index in [2.05, 4.69) is 5.32 Å². The van der Waals surface area contributed by atoms with E-state index in [4.69, 9.17) is 9.47 Å². The van der Waals surface area contributed by atoms with Crippen LogP contribution in [0.25, 0.3) is 0 Å². The minimum absolute atomic E-state index is 0.256. The van der Waals surface area contributed by atoms with Crippen molar-refractivity contribution in [2.45, 2.75) is 20.5 Å². The van der Waals surface area contributed by atoms with Crippen LogP contribution in [-0.2, 0) is 11.3 Å². The number of amides is 1. The molecule has 2 aromatic heterocycles. The molecule has 27 heavy (non-hydrogen) atoms. The molecule has 0 atom stereocenters. The Hall–Kier alpha value is -2.64. The summed E-state index contributed by atoms with van der Waals surface area (Å²) in [5.41, 5.74) is 2.42. The van der Waals surface area contributed by atoms with Gasteiger partial charge in [-0.15, -0.1) is 22.7 Å². The van der Waals surface area contributed by atoms with Gasteiger partial charge in [0.05, 0.1) is 17.6 Å². The van der Waals surface area contributed by atoms with E-state index in [1.165, 1.54) is 29.8 Å². The highest BCUT2D eigenvalue weighted by molar-refractivity contribution is 7.17. The highest BCUT2D eigenvalue weighted by Gasteiger charge is 2.19. The van der Waals surface area contributed by atoms with Crippen LogP contribution in [0.3, 0.4) is 0 Å². The fourth-order valence-electron chi connectivity index (χ4n) is 2.48. The van der Waals surface area contributed by atoms with Gasteiger partial charge >= 0.3 is 5.97 Å². The molecule has 1 amide bonds. The molecule has 1 N–H and O–H groups in total. The van der Waals surface area contributed by atoms with Gasteiger partial charge in [-0.1, -0.05) is 12.1 Å². The van der Waals surface area contributed by atoms with Gasteiger partial charge in [0.25, 0.3) is 5.91 Å². The first kappa shape index (κ1) is 19.1. The maximum atomic E-state index is 12.5. The molecule has 0 spiro atoms. The lowest BCUT2D eigenvalue weighted by molar-refractivity contribution is 0.0602. The van der Waals surface area contributed by atoms with Crippen LogP contribution >= 0.6 is 22.7 Å². The normalized spacial score (nSPS) is 10.5. The highest BCUT2D eigenvalue weighted by atomic mass is 32.1. The molecular weight excluding hydrogens is 382 g/mol. The third kappa shape index (κ3) is 4.75. The van der Waals surface area contributed by atoms with E-state index in [1.54, 1.807) is 12.1 Å². The van der Waals surface area contributed by atoms with Crippen LogP contribution in [0.5, 0.6) is 5.75 Å². The first-order valence-corrected chi connectivity index (χ1v) is 9.93. The number of methoxy groups -OCH3 is 1. The molecule has 0 aliphatic rings. The smallest absolute Gasteiger partial charge is 0.340 e. The van der Waals surface area contributed by atoms with Crippen molar-refractivity contribution in [1.82, 2.24) is 0 Å². The summed E-state index contributed by atoms with van der Waals surface area (Å²) >= 11 is 2.68. The third-order valence-corrected chi connectivity index (χ3v) is 5.70. The molecule has 0 unspecified atom stereocenters. The van der Waals surface area contributed by atoms with Crippen molar-refractivity contribution in [3.63, 3.8) is 0 Å². The minimum Gasteiger partial charge on any atom is -0.489 e. The second-order valence-electron chi connectivity index (χ2n) is 5.97. The monoisotopic (exact) mass is 401 g/mol. The summed E-state index contributed by atoms with van der Waals surface area (Å²) in [7, 11) is 1.32. The molecule has 140 valence electrons. The first-order valence-electron chi connectivity index (χ1n) is 8.23. The molecule has 0 aliphatic heterocycles. The number of benzene rings is 1. The fraction of sp³-hybridized carbons (Fsp3) is 0.200. The second-order valence-corrected chi connectivity index (χ2v) is 8.14. The van der Waals surface area contributed by atoms with E-state index >= 15 is 0 Å².